The fourth-order valence-corrected chi connectivity index (χ4v) is 3.03. The molecule has 0 heterocycles. The highest BCUT2D eigenvalue weighted by atomic mass is 79.9. The van der Waals surface area contributed by atoms with Crippen molar-refractivity contribution in [2.24, 2.45) is 0 Å². The molecule has 0 unspecified atom stereocenters. The van der Waals surface area contributed by atoms with Gasteiger partial charge in [0.25, 0.3) is 0 Å². The van der Waals surface area contributed by atoms with Gasteiger partial charge in [0.1, 0.15) is 5.75 Å². The summed E-state index contributed by atoms with van der Waals surface area (Å²) in [5.41, 5.74) is 1.82. The van der Waals surface area contributed by atoms with E-state index in [1.807, 2.05) is 42.5 Å². The first-order chi connectivity index (χ1) is 11.6. The molecule has 0 aliphatic heterocycles. The molecule has 122 valence electrons. The molecule has 0 spiro atoms. The summed E-state index contributed by atoms with van der Waals surface area (Å²) < 4.78 is 1.03. The van der Waals surface area contributed by atoms with Crippen LogP contribution in [0.25, 0.3) is 10.8 Å². The second-order valence-corrected chi connectivity index (χ2v) is 6.35. The van der Waals surface area contributed by atoms with Gasteiger partial charge in [0.15, 0.2) is 0 Å². The molecular formula is C19H17BrN2O2. The molecule has 5 heteroatoms. The number of halogens is 1. The van der Waals surface area contributed by atoms with E-state index >= 15 is 0 Å². The predicted octanol–water partition coefficient (Wildman–Crippen LogP) is 4.67. The van der Waals surface area contributed by atoms with Crippen LogP contribution in [-0.2, 0) is 6.42 Å². The topological polar surface area (TPSA) is 61.4 Å². The molecule has 3 rings (SSSR count). The highest BCUT2D eigenvalue weighted by Gasteiger charge is 2.07. The first kappa shape index (κ1) is 16.3. The molecule has 0 aliphatic carbocycles. The highest BCUT2D eigenvalue weighted by molar-refractivity contribution is 9.10. The lowest BCUT2D eigenvalue weighted by Crippen LogP contribution is -2.30. The second kappa shape index (κ2) is 7.36. The molecule has 3 aromatic rings. The summed E-state index contributed by atoms with van der Waals surface area (Å²) in [5.74, 6) is 0.200. The maximum Gasteiger partial charge on any atom is 0.319 e. The van der Waals surface area contributed by atoms with Gasteiger partial charge in [0, 0.05) is 21.8 Å². The van der Waals surface area contributed by atoms with Gasteiger partial charge in [-0.1, -0.05) is 52.3 Å². The van der Waals surface area contributed by atoms with Crippen molar-refractivity contribution < 1.29 is 9.90 Å². The number of amides is 2. The molecule has 0 saturated heterocycles. The Kier molecular flexibility index (Phi) is 5.01. The van der Waals surface area contributed by atoms with Crippen molar-refractivity contribution in [1.29, 1.82) is 0 Å². The van der Waals surface area contributed by atoms with Crippen LogP contribution in [0.5, 0.6) is 5.75 Å². The first-order valence-electron chi connectivity index (χ1n) is 7.63. The monoisotopic (exact) mass is 384 g/mol. The van der Waals surface area contributed by atoms with Crippen LogP contribution in [0.2, 0.25) is 0 Å². The van der Waals surface area contributed by atoms with Crippen LogP contribution in [0.3, 0.4) is 0 Å². The number of hydrogen-bond donors (Lipinski definition) is 3. The smallest absolute Gasteiger partial charge is 0.319 e. The van der Waals surface area contributed by atoms with Crippen LogP contribution in [-0.4, -0.2) is 17.7 Å². The third kappa shape index (κ3) is 3.86. The number of rotatable bonds is 4. The van der Waals surface area contributed by atoms with Crippen LogP contribution in [0.4, 0.5) is 10.5 Å². The lowest BCUT2D eigenvalue weighted by atomic mass is 10.1. The van der Waals surface area contributed by atoms with E-state index in [1.54, 1.807) is 18.2 Å². The lowest BCUT2D eigenvalue weighted by molar-refractivity contribution is 0.252. The first-order valence-corrected chi connectivity index (χ1v) is 8.43. The standard InChI is InChI=1S/C19H17BrN2O2/c20-14-5-1-4-13(12-14)10-11-21-19(24)22-17-8-2-7-16-15(17)6-3-9-18(16)23/h1-9,12,23H,10-11H2,(H2,21,22,24). The minimum atomic E-state index is -0.263. The number of fused-ring (bicyclic) bond motifs is 1. The Morgan fingerprint density at radius 2 is 1.75 bits per heavy atom. The summed E-state index contributed by atoms with van der Waals surface area (Å²) in [6, 6.07) is 18.4. The van der Waals surface area contributed by atoms with Crippen molar-refractivity contribution >= 4 is 38.4 Å². The van der Waals surface area contributed by atoms with Gasteiger partial charge in [0.2, 0.25) is 0 Å². The fourth-order valence-electron chi connectivity index (χ4n) is 2.58. The summed E-state index contributed by atoms with van der Waals surface area (Å²) in [7, 11) is 0. The van der Waals surface area contributed by atoms with Gasteiger partial charge in [-0.15, -0.1) is 0 Å². The van der Waals surface area contributed by atoms with Gasteiger partial charge in [0.05, 0.1) is 5.69 Å². The Morgan fingerprint density at radius 1 is 1.00 bits per heavy atom. The Balaban J connectivity index is 1.62. The molecule has 2 amide bonds. The molecule has 3 aromatic carbocycles. The van der Waals surface area contributed by atoms with E-state index in [-0.39, 0.29) is 11.8 Å². The number of anilines is 1. The Morgan fingerprint density at radius 3 is 2.58 bits per heavy atom. The van der Waals surface area contributed by atoms with Gasteiger partial charge in [-0.05, 0) is 36.2 Å². The van der Waals surface area contributed by atoms with Crippen LogP contribution in [0.1, 0.15) is 5.56 Å². The van der Waals surface area contributed by atoms with E-state index in [2.05, 4.69) is 26.6 Å². The summed E-state index contributed by atoms with van der Waals surface area (Å²) in [4.78, 5) is 12.1. The normalized spacial score (nSPS) is 10.5. The zero-order valence-electron chi connectivity index (χ0n) is 12.9. The van der Waals surface area contributed by atoms with E-state index in [0.29, 0.717) is 17.6 Å². The van der Waals surface area contributed by atoms with E-state index in [0.717, 1.165) is 21.8 Å². The van der Waals surface area contributed by atoms with Crippen molar-refractivity contribution in [3.05, 3.63) is 70.7 Å². The third-order valence-electron chi connectivity index (χ3n) is 3.74. The minimum absolute atomic E-state index is 0.200. The van der Waals surface area contributed by atoms with Crippen LogP contribution in [0.15, 0.2) is 65.1 Å². The lowest BCUT2D eigenvalue weighted by Gasteiger charge is -2.11. The molecule has 0 bridgehead atoms. The second-order valence-electron chi connectivity index (χ2n) is 5.44. The zero-order valence-corrected chi connectivity index (χ0v) is 14.5. The number of phenolic OH excluding ortho intramolecular Hbond substituents is 1. The summed E-state index contributed by atoms with van der Waals surface area (Å²) in [6.07, 6.45) is 0.753. The fraction of sp³-hybridized carbons (Fsp3) is 0.105. The number of nitrogens with one attached hydrogen (secondary N) is 2. The van der Waals surface area contributed by atoms with Gasteiger partial charge < -0.3 is 15.7 Å². The van der Waals surface area contributed by atoms with Crippen molar-refractivity contribution in [3.8, 4) is 5.75 Å². The Bertz CT molecular complexity index is 880. The van der Waals surface area contributed by atoms with Crippen LogP contribution < -0.4 is 10.6 Å². The van der Waals surface area contributed by atoms with Crippen molar-refractivity contribution in [3.63, 3.8) is 0 Å². The molecule has 4 nitrogen and oxygen atoms in total. The summed E-state index contributed by atoms with van der Waals surface area (Å²) in [6.45, 7) is 0.540. The van der Waals surface area contributed by atoms with Gasteiger partial charge in [-0.2, -0.15) is 0 Å². The highest BCUT2D eigenvalue weighted by Crippen LogP contribution is 2.29. The van der Waals surface area contributed by atoms with E-state index in [9.17, 15) is 9.90 Å². The van der Waals surface area contributed by atoms with E-state index < -0.39 is 0 Å². The quantitative estimate of drug-likeness (QED) is 0.611. The molecule has 0 fully saturated rings. The molecule has 0 atom stereocenters. The van der Waals surface area contributed by atoms with E-state index in [4.69, 9.17) is 0 Å². The number of carbonyl (C=O) groups is 1. The van der Waals surface area contributed by atoms with Crippen molar-refractivity contribution in [2.45, 2.75) is 6.42 Å². The summed E-state index contributed by atoms with van der Waals surface area (Å²) in [5, 5.41) is 17.1. The Hall–Kier alpha value is -2.53. The van der Waals surface area contributed by atoms with Gasteiger partial charge >= 0.3 is 6.03 Å². The average molecular weight is 385 g/mol. The third-order valence-corrected chi connectivity index (χ3v) is 4.23. The maximum absolute atomic E-state index is 12.1. The minimum Gasteiger partial charge on any atom is -0.507 e. The molecular weight excluding hydrogens is 368 g/mol. The van der Waals surface area contributed by atoms with Crippen molar-refractivity contribution in [2.75, 3.05) is 11.9 Å². The van der Waals surface area contributed by atoms with Crippen molar-refractivity contribution in [1.82, 2.24) is 5.32 Å². The molecule has 0 aromatic heterocycles. The molecule has 3 N–H and O–H groups in total. The number of phenols is 1. The molecule has 0 saturated carbocycles. The number of hydrogen-bond acceptors (Lipinski definition) is 2. The molecule has 24 heavy (non-hydrogen) atoms. The zero-order chi connectivity index (χ0) is 16.9. The average Bonchev–Trinajstić information content (AvgIpc) is 2.56. The predicted molar refractivity (Wildman–Crippen MR) is 100 cm³/mol. The largest absolute Gasteiger partial charge is 0.507 e. The number of urea groups is 1. The number of aromatic hydroxyl groups is 1. The van der Waals surface area contributed by atoms with Crippen LogP contribution >= 0.6 is 15.9 Å². The molecule has 0 aliphatic rings. The molecule has 0 radical (unpaired) electrons. The van der Waals surface area contributed by atoms with E-state index in [1.165, 1.54) is 0 Å². The van der Waals surface area contributed by atoms with Gasteiger partial charge in [-0.3, -0.25) is 0 Å². The summed E-state index contributed by atoms with van der Waals surface area (Å²) >= 11 is 3.44. The maximum atomic E-state index is 12.1. The number of benzene rings is 3. The SMILES string of the molecule is O=C(NCCc1cccc(Br)c1)Nc1cccc2c(O)cccc12. The van der Waals surface area contributed by atoms with Gasteiger partial charge in [-0.25, -0.2) is 4.79 Å². The van der Waals surface area contributed by atoms with Crippen LogP contribution in [0, 0.1) is 0 Å². The number of carbonyl (C=O) groups excluding carboxylic acids is 1. The Labute approximate surface area is 148 Å².